The lowest BCUT2D eigenvalue weighted by Crippen LogP contribution is -2.45. The van der Waals surface area contributed by atoms with E-state index >= 15 is 0 Å². The number of benzene rings is 1. The Bertz CT molecular complexity index is 921. The van der Waals surface area contributed by atoms with E-state index in [1.807, 2.05) is 11.8 Å². The molecule has 0 spiro atoms. The summed E-state index contributed by atoms with van der Waals surface area (Å²) in [5, 5.41) is 7.82. The second-order valence-corrected chi connectivity index (χ2v) is 7.67. The highest BCUT2D eigenvalue weighted by molar-refractivity contribution is 5.87. The van der Waals surface area contributed by atoms with Gasteiger partial charge in [0.25, 0.3) is 0 Å². The number of fused-ring (bicyclic) bond motifs is 1. The average molecular weight is 369 g/mol. The predicted octanol–water partition coefficient (Wildman–Crippen LogP) is 1.65. The minimum atomic E-state index is -0.165. The number of nitrogens with one attached hydrogen (secondary N) is 1. The van der Waals surface area contributed by atoms with Crippen LogP contribution in [0.2, 0.25) is 0 Å². The summed E-state index contributed by atoms with van der Waals surface area (Å²) in [6.07, 6.45) is 2.45. The quantitative estimate of drug-likeness (QED) is 0.893. The van der Waals surface area contributed by atoms with Crippen LogP contribution in [-0.2, 0) is 24.8 Å². The number of hydrogen-bond donors (Lipinski definition) is 1. The van der Waals surface area contributed by atoms with Gasteiger partial charge >= 0.3 is 5.69 Å². The lowest BCUT2D eigenvalue weighted by molar-refractivity contribution is -0.133. The van der Waals surface area contributed by atoms with Crippen LogP contribution in [0.5, 0.6) is 0 Å². The van der Waals surface area contributed by atoms with E-state index in [1.54, 1.807) is 11.6 Å². The molecule has 2 aliphatic rings. The Labute approximate surface area is 159 Å². The fourth-order valence-corrected chi connectivity index (χ4v) is 4.34. The number of rotatable bonds is 3. The number of carbonyl (C=O) groups is 1. The van der Waals surface area contributed by atoms with Crippen molar-refractivity contribution in [2.45, 2.75) is 51.6 Å². The van der Waals surface area contributed by atoms with Crippen LogP contribution in [0.15, 0.2) is 23.0 Å². The highest BCUT2D eigenvalue weighted by Gasteiger charge is 2.33. The van der Waals surface area contributed by atoms with E-state index in [0.717, 1.165) is 30.8 Å². The van der Waals surface area contributed by atoms with E-state index in [1.165, 1.54) is 15.8 Å². The number of carbonyl (C=O) groups excluding carboxylic acids is 1. The standard InChI is InChI=1S/C20H27N5O2/c1-4-25-18(22-23(3)20(25)27)14-7-9-24(10-8-14)19(26)17-12-15-11-13(2)5-6-16(15)21-17/h5-6,11,14,17,21H,4,7-10,12H2,1-3H3/t17-/m1/s1. The number of amides is 1. The zero-order valence-corrected chi connectivity index (χ0v) is 16.2. The summed E-state index contributed by atoms with van der Waals surface area (Å²) in [7, 11) is 1.70. The van der Waals surface area contributed by atoms with Crippen LogP contribution < -0.4 is 11.0 Å². The van der Waals surface area contributed by atoms with Crippen LogP contribution >= 0.6 is 0 Å². The normalized spacial score (nSPS) is 19.8. The molecule has 0 bridgehead atoms. The lowest BCUT2D eigenvalue weighted by Gasteiger charge is -2.33. The summed E-state index contributed by atoms with van der Waals surface area (Å²) in [4.78, 5) is 27.1. The summed E-state index contributed by atoms with van der Waals surface area (Å²) in [6, 6.07) is 6.13. The fourth-order valence-electron chi connectivity index (χ4n) is 4.34. The minimum absolute atomic E-state index is 0.0609. The van der Waals surface area contributed by atoms with E-state index in [2.05, 4.69) is 35.5 Å². The number of nitrogens with zero attached hydrogens (tertiary/aromatic N) is 4. The molecule has 3 heterocycles. The molecule has 1 atom stereocenters. The Morgan fingerprint density at radius 2 is 2.04 bits per heavy atom. The molecule has 1 saturated heterocycles. The molecule has 1 aromatic heterocycles. The van der Waals surface area contributed by atoms with Gasteiger partial charge in [-0.1, -0.05) is 17.7 Å². The third-order valence-corrected chi connectivity index (χ3v) is 5.84. The maximum absolute atomic E-state index is 13.0. The molecular formula is C20H27N5O2. The van der Waals surface area contributed by atoms with Crippen molar-refractivity contribution in [3.8, 4) is 0 Å². The number of aryl methyl sites for hydroxylation is 2. The summed E-state index contributed by atoms with van der Waals surface area (Å²) < 4.78 is 3.16. The van der Waals surface area contributed by atoms with Gasteiger partial charge in [-0.2, -0.15) is 5.10 Å². The van der Waals surface area contributed by atoms with Gasteiger partial charge in [-0.25, -0.2) is 9.48 Å². The van der Waals surface area contributed by atoms with Crippen LogP contribution in [0, 0.1) is 6.92 Å². The molecule has 1 fully saturated rings. The predicted molar refractivity (Wildman–Crippen MR) is 104 cm³/mol. The van der Waals surface area contributed by atoms with Gasteiger partial charge in [0.2, 0.25) is 5.91 Å². The average Bonchev–Trinajstić information content (AvgIpc) is 3.22. The van der Waals surface area contributed by atoms with Crippen LogP contribution in [0.25, 0.3) is 0 Å². The van der Waals surface area contributed by atoms with Gasteiger partial charge in [-0.05, 0) is 38.3 Å². The van der Waals surface area contributed by atoms with Crippen molar-refractivity contribution >= 4 is 11.6 Å². The fraction of sp³-hybridized carbons (Fsp3) is 0.550. The highest BCUT2D eigenvalue weighted by Crippen LogP contribution is 2.30. The molecule has 1 amide bonds. The Balaban J connectivity index is 1.41. The van der Waals surface area contributed by atoms with E-state index in [4.69, 9.17) is 0 Å². The van der Waals surface area contributed by atoms with E-state index in [0.29, 0.717) is 19.6 Å². The summed E-state index contributed by atoms with van der Waals surface area (Å²) in [6.45, 7) is 6.10. The number of likely N-dealkylation sites (tertiary alicyclic amines) is 1. The SMILES string of the molecule is CCn1c(C2CCN(C(=O)[C@H]3Cc4cc(C)ccc4N3)CC2)nn(C)c1=O. The Kier molecular flexibility index (Phi) is 4.53. The molecule has 7 heteroatoms. The third-order valence-electron chi connectivity index (χ3n) is 5.84. The molecule has 1 N–H and O–H groups in total. The molecule has 4 rings (SSSR count). The van der Waals surface area contributed by atoms with Crippen molar-refractivity contribution in [2.75, 3.05) is 18.4 Å². The molecule has 1 aromatic carbocycles. The van der Waals surface area contributed by atoms with Gasteiger partial charge in [0, 0.05) is 44.7 Å². The minimum Gasteiger partial charge on any atom is -0.373 e. The van der Waals surface area contributed by atoms with Crippen molar-refractivity contribution in [3.63, 3.8) is 0 Å². The number of anilines is 1. The van der Waals surface area contributed by atoms with Gasteiger partial charge in [-0.3, -0.25) is 9.36 Å². The van der Waals surface area contributed by atoms with Crippen LogP contribution in [-0.4, -0.2) is 44.3 Å². The monoisotopic (exact) mass is 369 g/mol. The zero-order valence-electron chi connectivity index (χ0n) is 16.2. The van der Waals surface area contributed by atoms with Gasteiger partial charge in [0.1, 0.15) is 11.9 Å². The van der Waals surface area contributed by atoms with Crippen molar-refractivity contribution < 1.29 is 4.79 Å². The van der Waals surface area contributed by atoms with E-state index in [-0.39, 0.29) is 23.6 Å². The summed E-state index contributed by atoms with van der Waals surface area (Å²) >= 11 is 0. The molecule has 0 aliphatic carbocycles. The molecule has 0 radical (unpaired) electrons. The molecule has 0 saturated carbocycles. The smallest absolute Gasteiger partial charge is 0.345 e. The molecule has 0 unspecified atom stereocenters. The van der Waals surface area contributed by atoms with Crippen molar-refractivity contribution in [3.05, 3.63) is 45.6 Å². The summed E-state index contributed by atoms with van der Waals surface area (Å²) in [5.41, 5.74) is 3.47. The molecule has 2 aromatic rings. The molecule has 144 valence electrons. The van der Waals surface area contributed by atoms with Gasteiger partial charge in [-0.15, -0.1) is 0 Å². The second-order valence-electron chi connectivity index (χ2n) is 7.67. The largest absolute Gasteiger partial charge is 0.373 e. The Hall–Kier alpha value is -2.57. The number of hydrogen-bond acceptors (Lipinski definition) is 4. The van der Waals surface area contributed by atoms with Gasteiger partial charge < -0.3 is 10.2 Å². The van der Waals surface area contributed by atoms with Crippen LogP contribution in [0.1, 0.15) is 42.6 Å². The maximum atomic E-state index is 13.0. The Morgan fingerprint density at radius 1 is 1.30 bits per heavy atom. The molecular weight excluding hydrogens is 342 g/mol. The van der Waals surface area contributed by atoms with Crippen LogP contribution in [0.3, 0.4) is 0 Å². The second kappa shape index (κ2) is 6.87. The van der Waals surface area contributed by atoms with E-state index in [9.17, 15) is 9.59 Å². The first-order valence-electron chi connectivity index (χ1n) is 9.76. The summed E-state index contributed by atoms with van der Waals surface area (Å²) in [5.74, 6) is 1.27. The van der Waals surface area contributed by atoms with Crippen molar-refractivity contribution in [1.82, 2.24) is 19.2 Å². The number of aromatic nitrogens is 3. The molecule has 2 aliphatic heterocycles. The molecule has 7 nitrogen and oxygen atoms in total. The Morgan fingerprint density at radius 3 is 2.74 bits per heavy atom. The first-order chi connectivity index (χ1) is 13.0. The van der Waals surface area contributed by atoms with Gasteiger partial charge in [0.05, 0.1) is 0 Å². The van der Waals surface area contributed by atoms with Crippen molar-refractivity contribution in [2.24, 2.45) is 7.05 Å². The van der Waals surface area contributed by atoms with Crippen molar-refractivity contribution in [1.29, 1.82) is 0 Å². The van der Waals surface area contributed by atoms with E-state index < -0.39 is 0 Å². The maximum Gasteiger partial charge on any atom is 0.345 e. The van der Waals surface area contributed by atoms with Crippen LogP contribution in [0.4, 0.5) is 5.69 Å². The topological polar surface area (TPSA) is 72.2 Å². The zero-order chi connectivity index (χ0) is 19.1. The first kappa shape index (κ1) is 17.8. The third kappa shape index (κ3) is 3.15. The first-order valence-corrected chi connectivity index (χ1v) is 9.76. The highest BCUT2D eigenvalue weighted by atomic mass is 16.2. The number of piperidine rings is 1. The lowest BCUT2D eigenvalue weighted by atomic mass is 9.95. The van der Waals surface area contributed by atoms with Gasteiger partial charge in [0.15, 0.2) is 0 Å². The molecule has 27 heavy (non-hydrogen) atoms.